The Morgan fingerprint density at radius 2 is 2.20 bits per heavy atom. The SMILES string of the molecule is Cn1ccnc1CNS(=O)(=O)c1cc(CO)ccc1F. The minimum atomic E-state index is -4.01. The average Bonchev–Trinajstić information content (AvgIpc) is 2.82. The van der Waals surface area contributed by atoms with Crippen LogP contribution in [0.1, 0.15) is 11.4 Å². The summed E-state index contributed by atoms with van der Waals surface area (Å²) in [5.41, 5.74) is 0.323. The maximum atomic E-state index is 13.6. The molecule has 0 aliphatic rings. The highest BCUT2D eigenvalue weighted by Gasteiger charge is 2.19. The zero-order valence-electron chi connectivity index (χ0n) is 10.7. The zero-order valence-corrected chi connectivity index (χ0v) is 11.6. The van der Waals surface area contributed by atoms with Crippen molar-refractivity contribution in [3.05, 3.63) is 47.8 Å². The van der Waals surface area contributed by atoms with Gasteiger partial charge < -0.3 is 9.67 Å². The molecule has 0 saturated carbocycles. The van der Waals surface area contributed by atoms with Gasteiger partial charge in [0, 0.05) is 19.4 Å². The second-order valence-electron chi connectivity index (χ2n) is 4.20. The number of aliphatic hydroxyl groups excluding tert-OH is 1. The minimum absolute atomic E-state index is 0.0470. The number of benzene rings is 1. The Hall–Kier alpha value is -1.77. The smallest absolute Gasteiger partial charge is 0.243 e. The number of hydrogen-bond donors (Lipinski definition) is 2. The maximum Gasteiger partial charge on any atom is 0.243 e. The van der Waals surface area contributed by atoms with Crippen LogP contribution in [0.5, 0.6) is 0 Å². The van der Waals surface area contributed by atoms with E-state index < -0.39 is 20.7 Å². The Kier molecular flexibility index (Phi) is 4.17. The van der Waals surface area contributed by atoms with Gasteiger partial charge in [0.25, 0.3) is 0 Å². The Morgan fingerprint density at radius 1 is 1.45 bits per heavy atom. The lowest BCUT2D eigenvalue weighted by atomic mass is 10.2. The first-order valence-electron chi connectivity index (χ1n) is 5.79. The molecular formula is C12H14FN3O3S. The molecule has 0 aliphatic carbocycles. The van der Waals surface area contributed by atoms with Gasteiger partial charge in [-0.25, -0.2) is 22.5 Å². The van der Waals surface area contributed by atoms with Crippen LogP contribution in [0.4, 0.5) is 4.39 Å². The molecule has 1 aromatic carbocycles. The van der Waals surface area contributed by atoms with E-state index in [1.807, 2.05) is 0 Å². The molecule has 0 radical (unpaired) electrons. The molecule has 0 amide bonds. The number of aryl methyl sites for hydroxylation is 1. The van der Waals surface area contributed by atoms with Crippen LogP contribution in [0.25, 0.3) is 0 Å². The van der Waals surface area contributed by atoms with Gasteiger partial charge in [0.15, 0.2) is 0 Å². The molecule has 0 aliphatic heterocycles. The van der Waals surface area contributed by atoms with Crippen molar-refractivity contribution in [1.29, 1.82) is 0 Å². The van der Waals surface area contributed by atoms with Crippen LogP contribution in [-0.2, 0) is 30.2 Å². The van der Waals surface area contributed by atoms with Crippen molar-refractivity contribution in [1.82, 2.24) is 14.3 Å². The normalized spacial score (nSPS) is 11.8. The van der Waals surface area contributed by atoms with Gasteiger partial charge in [0.05, 0.1) is 13.2 Å². The van der Waals surface area contributed by atoms with Crippen LogP contribution >= 0.6 is 0 Å². The molecule has 2 rings (SSSR count). The number of rotatable bonds is 5. The molecule has 8 heteroatoms. The Balaban J connectivity index is 2.24. The topological polar surface area (TPSA) is 84.2 Å². The van der Waals surface area contributed by atoms with Gasteiger partial charge in [-0.15, -0.1) is 0 Å². The largest absolute Gasteiger partial charge is 0.392 e. The van der Waals surface area contributed by atoms with E-state index in [2.05, 4.69) is 9.71 Å². The predicted molar refractivity (Wildman–Crippen MR) is 69.6 cm³/mol. The summed E-state index contributed by atoms with van der Waals surface area (Å²) < 4.78 is 41.7. The summed E-state index contributed by atoms with van der Waals surface area (Å²) in [6, 6.07) is 3.45. The van der Waals surface area contributed by atoms with E-state index >= 15 is 0 Å². The Morgan fingerprint density at radius 3 is 2.80 bits per heavy atom. The molecule has 1 heterocycles. The average molecular weight is 299 g/mol. The first-order valence-corrected chi connectivity index (χ1v) is 7.27. The van der Waals surface area contributed by atoms with E-state index in [1.54, 1.807) is 17.8 Å². The number of imidazole rings is 1. The molecule has 2 N–H and O–H groups in total. The summed E-state index contributed by atoms with van der Waals surface area (Å²) >= 11 is 0. The van der Waals surface area contributed by atoms with Gasteiger partial charge in [0.2, 0.25) is 10.0 Å². The van der Waals surface area contributed by atoms with Crippen molar-refractivity contribution in [2.24, 2.45) is 7.05 Å². The first kappa shape index (κ1) is 14.6. The summed E-state index contributed by atoms with van der Waals surface area (Å²) in [7, 11) is -2.28. The predicted octanol–water partition coefficient (Wildman–Crippen LogP) is 0.530. The molecular weight excluding hydrogens is 285 g/mol. The molecule has 0 spiro atoms. The number of hydrogen-bond acceptors (Lipinski definition) is 4. The highest BCUT2D eigenvalue weighted by molar-refractivity contribution is 7.89. The number of aromatic nitrogens is 2. The molecule has 1 aromatic heterocycles. The number of aliphatic hydroxyl groups is 1. The second-order valence-corrected chi connectivity index (χ2v) is 5.94. The van der Waals surface area contributed by atoms with Crippen LogP contribution < -0.4 is 4.72 Å². The third-order valence-electron chi connectivity index (χ3n) is 2.81. The van der Waals surface area contributed by atoms with Gasteiger partial charge in [-0.2, -0.15) is 0 Å². The number of nitrogens with one attached hydrogen (secondary N) is 1. The second kappa shape index (κ2) is 5.70. The van der Waals surface area contributed by atoms with E-state index in [9.17, 15) is 12.8 Å². The van der Waals surface area contributed by atoms with Crippen LogP contribution in [-0.4, -0.2) is 23.1 Å². The standard InChI is InChI=1S/C12H14FN3O3S/c1-16-5-4-14-12(16)7-15-20(18,19)11-6-9(8-17)2-3-10(11)13/h2-6,15,17H,7-8H2,1H3. The van der Waals surface area contributed by atoms with Gasteiger partial charge in [-0.05, 0) is 17.7 Å². The lowest BCUT2D eigenvalue weighted by Crippen LogP contribution is -2.25. The number of sulfonamides is 1. The fourth-order valence-corrected chi connectivity index (χ4v) is 2.76. The monoisotopic (exact) mass is 299 g/mol. The van der Waals surface area contributed by atoms with E-state index in [0.29, 0.717) is 11.4 Å². The third-order valence-corrected chi connectivity index (χ3v) is 4.23. The summed E-state index contributed by atoms with van der Waals surface area (Å²) in [5, 5.41) is 8.98. The summed E-state index contributed by atoms with van der Waals surface area (Å²) in [5.74, 6) is -0.359. The molecule has 0 unspecified atom stereocenters. The Bertz CT molecular complexity index is 712. The molecule has 0 fully saturated rings. The highest BCUT2D eigenvalue weighted by atomic mass is 32.2. The van der Waals surface area contributed by atoms with E-state index in [-0.39, 0.29) is 13.2 Å². The summed E-state index contributed by atoms with van der Waals surface area (Å²) in [6.07, 6.45) is 3.22. The van der Waals surface area contributed by atoms with E-state index in [0.717, 1.165) is 12.1 Å². The molecule has 0 bridgehead atoms. The van der Waals surface area contributed by atoms with Gasteiger partial charge in [-0.1, -0.05) is 6.07 Å². The fourth-order valence-electron chi connectivity index (χ4n) is 1.66. The molecule has 2 aromatic rings. The van der Waals surface area contributed by atoms with E-state index in [4.69, 9.17) is 5.11 Å². The summed E-state index contributed by atoms with van der Waals surface area (Å²) in [4.78, 5) is 3.48. The van der Waals surface area contributed by atoms with Gasteiger partial charge in [-0.3, -0.25) is 0 Å². The van der Waals surface area contributed by atoms with Crippen LogP contribution in [0.2, 0.25) is 0 Å². The minimum Gasteiger partial charge on any atom is -0.392 e. The highest BCUT2D eigenvalue weighted by Crippen LogP contribution is 2.16. The Labute approximate surface area is 115 Å². The third kappa shape index (κ3) is 3.03. The summed E-state index contributed by atoms with van der Waals surface area (Å²) in [6.45, 7) is -0.406. The fraction of sp³-hybridized carbons (Fsp3) is 0.250. The molecule has 0 saturated heterocycles. The zero-order chi connectivity index (χ0) is 14.8. The van der Waals surface area contributed by atoms with Crippen molar-refractivity contribution in [3.8, 4) is 0 Å². The maximum absolute atomic E-state index is 13.6. The van der Waals surface area contributed by atoms with Crippen molar-refractivity contribution >= 4 is 10.0 Å². The van der Waals surface area contributed by atoms with Gasteiger partial charge >= 0.3 is 0 Å². The molecule has 0 atom stereocenters. The molecule has 108 valence electrons. The van der Waals surface area contributed by atoms with Crippen molar-refractivity contribution in [2.75, 3.05) is 0 Å². The first-order chi connectivity index (χ1) is 9.44. The molecule has 6 nitrogen and oxygen atoms in total. The van der Waals surface area contributed by atoms with Crippen molar-refractivity contribution in [3.63, 3.8) is 0 Å². The van der Waals surface area contributed by atoms with Crippen LogP contribution in [0.15, 0.2) is 35.5 Å². The quantitative estimate of drug-likeness (QED) is 0.843. The number of halogens is 1. The van der Waals surface area contributed by atoms with Gasteiger partial charge in [0.1, 0.15) is 16.5 Å². The van der Waals surface area contributed by atoms with Crippen molar-refractivity contribution < 1.29 is 17.9 Å². The molecule has 20 heavy (non-hydrogen) atoms. The lowest BCUT2D eigenvalue weighted by Gasteiger charge is -2.09. The van der Waals surface area contributed by atoms with Crippen LogP contribution in [0, 0.1) is 5.82 Å². The lowest BCUT2D eigenvalue weighted by molar-refractivity contribution is 0.281. The van der Waals surface area contributed by atoms with Crippen LogP contribution in [0.3, 0.4) is 0 Å². The van der Waals surface area contributed by atoms with Crippen molar-refractivity contribution in [2.45, 2.75) is 18.0 Å². The van der Waals surface area contributed by atoms with E-state index in [1.165, 1.54) is 12.3 Å². The number of nitrogens with zero attached hydrogens (tertiary/aromatic N) is 2.